The Balaban J connectivity index is 2.03. The van der Waals surface area contributed by atoms with E-state index in [2.05, 4.69) is 17.5 Å². The Morgan fingerprint density at radius 3 is 2.70 bits per heavy atom. The monoisotopic (exact) mass is 141 g/mol. The molecule has 2 N–H and O–H groups in total. The first-order valence-electron chi connectivity index (χ1n) is 3.85. The number of hydrogen-bond acceptors (Lipinski definition) is 2. The van der Waals surface area contributed by atoms with E-state index in [0.29, 0.717) is 12.6 Å². The van der Waals surface area contributed by atoms with E-state index in [-0.39, 0.29) is 6.10 Å². The highest BCUT2D eigenvalue weighted by Gasteiger charge is 2.08. The van der Waals surface area contributed by atoms with E-state index < -0.39 is 0 Å². The largest absolute Gasteiger partial charge is 0.392 e. The Hall–Kier alpha value is -0.340. The normalized spacial score (nSPS) is 21.8. The first kappa shape index (κ1) is 7.76. The van der Waals surface area contributed by atoms with Gasteiger partial charge in [0, 0.05) is 12.6 Å². The molecule has 0 aromatic rings. The maximum absolute atomic E-state index is 8.93. The summed E-state index contributed by atoms with van der Waals surface area (Å²) in [4.78, 5) is 0. The van der Waals surface area contributed by atoms with Gasteiger partial charge in [0.1, 0.15) is 0 Å². The molecule has 0 aromatic heterocycles. The second-order valence-corrected chi connectivity index (χ2v) is 2.90. The topological polar surface area (TPSA) is 32.3 Å². The van der Waals surface area contributed by atoms with Crippen LogP contribution in [0.3, 0.4) is 0 Å². The molecule has 0 amide bonds. The lowest BCUT2D eigenvalue weighted by molar-refractivity contribution is 0.186. The number of aliphatic hydroxyl groups is 1. The fourth-order valence-electron chi connectivity index (χ4n) is 1.12. The molecule has 10 heavy (non-hydrogen) atoms. The van der Waals surface area contributed by atoms with Gasteiger partial charge in [0.15, 0.2) is 0 Å². The summed E-state index contributed by atoms with van der Waals surface area (Å²) < 4.78 is 0. The number of nitrogens with one attached hydrogen (secondary N) is 1. The predicted molar refractivity (Wildman–Crippen MR) is 41.8 cm³/mol. The van der Waals surface area contributed by atoms with Gasteiger partial charge in [-0.1, -0.05) is 12.2 Å². The molecule has 1 atom stereocenters. The molecular weight excluding hydrogens is 126 g/mol. The van der Waals surface area contributed by atoms with Crippen LogP contribution < -0.4 is 5.32 Å². The van der Waals surface area contributed by atoms with Gasteiger partial charge in [0.25, 0.3) is 0 Å². The highest BCUT2D eigenvalue weighted by molar-refractivity contribution is 4.97. The Kier molecular flexibility index (Phi) is 2.90. The van der Waals surface area contributed by atoms with Gasteiger partial charge < -0.3 is 10.4 Å². The molecule has 0 fully saturated rings. The lowest BCUT2D eigenvalue weighted by Crippen LogP contribution is -2.32. The summed E-state index contributed by atoms with van der Waals surface area (Å²) >= 11 is 0. The van der Waals surface area contributed by atoms with Crippen molar-refractivity contribution in [1.82, 2.24) is 5.32 Å². The van der Waals surface area contributed by atoms with Crippen LogP contribution in [0.4, 0.5) is 0 Å². The summed E-state index contributed by atoms with van der Waals surface area (Å²) in [6, 6.07) is 0.578. The maximum atomic E-state index is 8.93. The van der Waals surface area contributed by atoms with Crippen molar-refractivity contribution >= 4 is 0 Å². The molecule has 2 heteroatoms. The van der Waals surface area contributed by atoms with Crippen LogP contribution in [-0.4, -0.2) is 23.8 Å². The van der Waals surface area contributed by atoms with Gasteiger partial charge in [-0.2, -0.15) is 0 Å². The van der Waals surface area contributed by atoms with Gasteiger partial charge >= 0.3 is 0 Å². The minimum atomic E-state index is -0.222. The van der Waals surface area contributed by atoms with E-state index >= 15 is 0 Å². The minimum Gasteiger partial charge on any atom is -0.392 e. The molecular formula is C8H15NO. The fraction of sp³-hybridized carbons (Fsp3) is 0.750. The van der Waals surface area contributed by atoms with Crippen molar-refractivity contribution in [3.63, 3.8) is 0 Å². The Morgan fingerprint density at radius 1 is 1.60 bits per heavy atom. The number of hydrogen-bond donors (Lipinski definition) is 2. The summed E-state index contributed by atoms with van der Waals surface area (Å²) in [5, 5.41) is 12.2. The summed E-state index contributed by atoms with van der Waals surface area (Å²) in [5.41, 5.74) is 0. The molecule has 1 rings (SSSR count). The third-order valence-corrected chi connectivity index (χ3v) is 1.71. The number of rotatable bonds is 3. The molecule has 0 heterocycles. The van der Waals surface area contributed by atoms with Crippen LogP contribution in [0.15, 0.2) is 12.2 Å². The summed E-state index contributed by atoms with van der Waals surface area (Å²) in [6.45, 7) is 2.52. The summed E-state index contributed by atoms with van der Waals surface area (Å²) in [5.74, 6) is 0. The lowest BCUT2D eigenvalue weighted by Gasteiger charge is -2.12. The first-order valence-corrected chi connectivity index (χ1v) is 3.85. The second-order valence-electron chi connectivity index (χ2n) is 2.90. The van der Waals surface area contributed by atoms with Crippen molar-refractivity contribution in [2.75, 3.05) is 6.54 Å². The van der Waals surface area contributed by atoms with E-state index in [1.54, 1.807) is 6.92 Å². The molecule has 0 aliphatic heterocycles. The van der Waals surface area contributed by atoms with Gasteiger partial charge in [-0.05, 0) is 19.8 Å². The zero-order valence-electron chi connectivity index (χ0n) is 6.38. The van der Waals surface area contributed by atoms with Crippen LogP contribution in [0.1, 0.15) is 19.8 Å². The van der Waals surface area contributed by atoms with E-state index in [1.807, 2.05) is 0 Å². The molecule has 1 aliphatic carbocycles. The van der Waals surface area contributed by atoms with Crippen molar-refractivity contribution in [3.05, 3.63) is 12.2 Å². The molecule has 2 nitrogen and oxygen atoms in total. The van der Waals surface area contributed by atoms with Crippen LogP contribution in [0.25, 0.3) is 0 Å². The molecule has 58 valence electrons. The van der Waals surface area contributed by atoms with Gasteiger partial charge in [0.05, 0.1) is 6.10 Å². The van der Waals surface area contributed by atoms with Crippen LogP contribution in [-0.2, 0) is 0 Å². The van der Waals surface area contributed by atoms with E-state index in [0.717, 1.165) is 12.8 Å². The van der Waals surface area contributed by atoms with Gasteiger partial charge in [-0.15, -0.1) is 0 Å². The standard InChI is InChI=1S/C8H15NO/c1-7(10)6-9-8-4-2-3-5-8/h2-3,7-10H,4-6H2,1H3. The Labute approximate surface area is 61.9 Å². The lowest BCUT2D eigenvalue weighted by atomic mass is 10.2. The van der Waals surface area contributed by atoms with Gasteiger partial charge in [0.2, 0.25) is 0 Å². The molecule has 0 saturated heterocycles. The average Bonchev–Trinajstić information content (AvgIpc) is 2.34. The quantitative estimate of drug-likeness (QED) is 0.566. The molecule has 0 aromatic carbocycles. The number of aliphatic hydroxyl groups excluding tert-OH is 1. The van der Waals surface area contributed by atoms with Crippen molar-refractivity contribution in [1.29, 1.82) is 0 Å². The predicted octanol–water partition coefficient (Wildman–Crippen LogP) is 0.675. The smallest absolute Gasteiger partial charge is 0.0636 e. The Morgan fingerprint density at radius 2 is 2.20 bits per heavy atom. The highest BCUT2D eigenvalue weighted by atomic mass is 16.3. The minimum absolute atomic E-state index is 0.222. The van der Waals surface area contributed by atoms with Crippen molar-refractivity contribution in [2.24, 2.45) is 0 Å². The fourth-order valence-corrected chi connectivity index (χ4v) is 1.12. The van der Waals surface area contributed by atoms with Crippen LogP contribution >= 0.6 is 0 Å². The molecule has 0 saturated carbocycles. The Bertz CT molecular complexity index is 112. The third-order valence-electron chi connectivity index (χ3n) is 1.71. The third kappa shape index (κ3) is 2.50. The van der Waals surface area contributed by atoms with Crippen LogP contribution in [0.5, 0.6) is 0 Å². The average molecular weight is 141 g/mol. The van der Waals surface area contributed by atoms with Gasteiger partial charge in [-0.3, -0.25) is 0 Å². The first-order chi connectivity index (χ1) is 4.79. The second kappa shape index (κ2) is 3.74. The molecule has 0 radical (unpaired) electrons. The van der Waals surface area contributed by atoms with E-state index in [9.17, 15) is 0 Å². The van der Waals surface area contributed by atoms with E-state index in [4.69, 9.17) is 5.11 Å². The molecule has 0 bridgehead atoms. The van der Waals surface area contributed by atoms with E-state index in [1.165, 1.54) is 0 Å². The van der Waals surface area contributed by atoms with Crippen molar-refractivity contribution in [2.45, 2.75) is 31.9 Å². The van der Waals surface area contributed by atoms with Crippen LogP contribution in [0.2, 0.25) is 0 Å². The van der Waals surface area contributed by atoms with Gasteiger partial charge in [-0.25, -0.2) is 0 Å². The van der Waals surface area contributed by atoms with Crippen molar-refractivity contribution in [3.8, 4) is 0 Å². The van der Waals surface area contributed by atoms with Crippen molar-refractivity contribution < 1.29 is 5.11 Å². The summed E-state index contributed by atoms with van der Waals surface area (Å²) in [7, 11) is 0. The molecule has 0 spiro atoms. The van der Waals surface area contributed by atoms with Crippen LogP contribution in [0, 0.1) is 0 Å². The highest BCUT2D eigenvalue weighted by Crippen LogP contribution is 2.08. The molecule has 1 aliphatic rings. The summed E-state index contributed by atoms with van der Waals surface area (Å²) in [6.07, 6.45) is 6.37. The SMILES string of the molecule is CC(O)CNC1CC=CC1. The zero-order valence-corrected chi connectivity index (χ0v) is 6.38. The maximum Gasteiger partial charge on any atom is 0.0636 e. The zero-order chi connectivity index (χ0) is 7.40. The molecule has 1 unspecified atom stereocenters.